The van der Waals surface area contributed by atoms with E-state index in [-0.39, 0.29) is 5.41 Å². The largest absolute Gasteiger partial charge is 0.376 e. The number of thioether (sulfide) groups is 1. The van der Waals surface area contributed by atoms with E-state index < -0.39 is 0 Å². The van der Waals surface area contributed by atoms with Crippen LogP contribution in [-0.2, 0) is 4.74 Å². The lowest BCUT2D eigenvalue weighted by Crippen LogP contribution is -2.30. The van der Waals surface area contributed by atoms with Gasteiger partial charge in [0.15, 0.2) is 0 Å². The lowest BCUT2D eigenvalue weighted by Gasteiger charge is -2.28. The first-order valence-corrected chi connectivity index (χ1v) is 7.70. The number of hydrogen-bond acceptors (Lipinski definition) is 2. The lowest BCUT2D eigenvalue weighted by atomic mass is 9.87. The molecule has 2 atom stereocenters. The fourth-order valence-corrected chi connectivity index (χ4v) is 3.87. The van der Waals surface area contributed by atoms with Gasteiger partial charge in [0.1, 0.15) is 0 Å². The van der Waals surface area contributed by atoms with E-state index in [1.54, 1.807) is 0 Å². The molecule has 1 fully saturated rings. The Labute approximate surface area is 115 Å². The van der Waals surface area contributed by atoms with Gasteiger partial charge in [0.2, 0.25) is 0 Å². The van der Waals surface area contributed by atoms with E-state index in [2.05, 4.69) is 58.0 Å². The second-order valence-corrected chi connectivity index (χ2v) is 7.53. The molecule has 0 aromatic heterocycles. The summed E-state index contributed by atoms with van der Waals surface area (Å²) < 4.78 is 6.04. The van der Waals surface area contributed by atoms with Crippen LogP contribution in [0.2, 0.25) is 0 Å². The molecule has 0 aliphatic carbocycles. The Kier molecular flexibility index (Phi) is 4.39. The van der Waals surface area contributed by atoms with E-state index in [9.17, 15) is 0 Å². The molecule has 1 aromatic rings. The zero-order valence-corrected chi connectivity index (χ0v) is 12.7. The van der Waals surface area contributed by atoms with Crippen molar-refractivity contribution in [1.82, 2.24) is 0 Å². The highest BCUT2D eigenvalue weighted by Crippen LogP contribution is 2.45. The third kappa shape index (κ3) is 3.30. The second kappa shape index (κ2) is 5.66. The van der Waals surface area contributed by atoms with Crippen LogP contribution in [0.15, 0.2) is 35.2 Å². The van der Waals surface area contributed by atoms with Gasteiger partial charge in [-0.2, -0.15) is 0 Å². The van der Waals surface area contributed by atoms with Crippen LogP contribution < -0.4 is 0 Å². The summed E-state index contributed by atoms with van der Waals surface area (Å²) in [5, 5.41) is 0.558. The molecule has 1 heterocycles. The molecule has 2 rings (SSSR count). The Balaban J connectivity index is 2.10. The second-order valence-electron chi connectivity index (χ2n) is 6.32. The van der Waals surface area contributed by atoms with Gasteiger partial charge in [-0.3, -0.25) is 0 Å². The number of ether oxygens (including phenoxy) is 1. The third-order valence-electron chi connectivity index (χ3n) is 3.49. The van der Waals surface area contributed by atoms with E-state index >= 15 is 0 Å². The van der Waals surface area contributed by atoms with Gasteiger partial charge in [0.05, 0.1) is 12.7 Å². The standard InChI is InChI=1S/C16H24OS/c1-12(2)10-14-15(16(3,4)11-17-14)18-13-8-6-5-7-9-13/h5-9,12,14-15H,10-11H2,1-4H3/t14-,15-/m1/s1. The molecule has 1 saturated heterocycles. The van der Waals surface area contributed by atoms with E-state index in [1.807, 2.05) is 11.8 Å². The first-order chi connectivity index (χ1) is 8.49. The predicted octanol–water partition coefficient (Wildman–Crippen LogP) is 4.62. The summed E-state index contributed by atoms with van der Waals surface area (Å²) in [6, 6.07) is 10.7. The van der Waals surface area contributed by atoms with Crippen molar-refractivity contribution in [2.45, 2.75) is 50.4 Å². The molecule has 2 heteroatoms. The van der Waals surface area contributed by atoms with Crippen molar-refractivity contribution >= 4 is 11.8 Å². The summed E-state index contributed by atoms with van der Waals surface area (Å²) >= 11 is 1.98. The summed E-state index contributed by atoms with van der Waals surface area (Å²) in [6.07, 6.45) is 1.55. The molecular formula is C16H24OS. The fraction of sp³-hybridized carbons (Fsp3) is 0.625. The van der Waals surface area contributed by atoms with Crippen molar-refractivity contribution < 1.29 is 4.74 Å². The van der Waals surface area contributed by atoms with Crippen LogP contribution in [0.3, 0.4) is 0 Å². The van der Waals surface area contributed by atoms with E-state index in [0.717, 1.165) is 13.0 Å². The summed E-state index contributed by atoms with van der Waals surface area (Å²) in [6.45, 7) is 10.1. The molecule has 0 unspecified atom stereocenters. The zero-order valence-electron chi connectivity index (χ0n) is 11.8. The first-order valence-electron chi connectivity index (χ1n) is 6.82. The Morgan fingerprint density at radius 3 is 2.56 bits per heavy atom. The fourth-order valence-electron chi connectivity index (χ4n) is 2.53. The third-order valence-corrected chi connectivity index (χ3v) is 5.23. The summed E-state index contributed by atoms with van der Waals surface area (Å²) in [4.78, 5) is 1.36. The molecule has 0 radical (unpaired) electrons. The Hall–Kier alpha value is -0.470. The van der Waals surface area contributed by atoms with Gasteiger partial charge >= 0.3 is 0 Å². The van der Waals surface area contributed by atoms with Crippen molar-refractivity contribution in [1.29, 1.82) is 0 Å². The van der Waals surface area contributed by atoms with Gasteiger partial charge in [-0.05, 0) is 24.5 Å². The first kappa shape index (κ1) is 14.0. The number of rotatable bonds is 4. The van der Waals surface area contributed by atoms with Gasteiger partial charge in [0.25, 0.3) is 0 Å². The molecule has 1 aliphatic heterocycles. The highest BCUT2D eigenvalue weighted by molar-refractivity contribution is 8.00. The molecule has 0 amide bonds. The normalized spacial score (nSPS) is 26.7. The average molecular weight is 264 g/mol. The van der Waals surface area contributed by atoms with Crippen LogP contribution in [0.1, 0.15) is 34.1 Å². The summed E-state index contributed by atoms with van der Waals surface area (Å²) in [7, 11) is 0. The maximum atomic E-state index is 6.04. The Morgan fingerprint density at radius 2 is 1.94 bits per heavy atom. The molecule has 0 spiro atoms. The summed E-state index contributed by atoms with van der Waals surface area (Å²) in [5.41, 5.74) is 0.264. The Morgan fingerprint density at radius 1 is 1.28 bits per heavy atom. The molecule has 100 valence electrons. The van der Waals surface area contributed by atoms with Crippen LogP contribution in [0.5, 0.6) is 0 Å². The van der Waals surface area contributed by atoms with Crippen LogP contribution in [-0.4, -0.2) is 18.0 Å². The maximum absolute atomic E-state index is 6.04. The van der Waals surface area contributed by atoms with E-state index in [1.165, 1.54) is 4.90 Å². The highest BCUT2D eigenvalue weighted by Gasteiger charge is 2.43. The van der Waals surface area contributed by atoms with Crippen molar-refractivity contribution in [3.8, 4) is 0 Å². The van der Waals surface area contributed by atoms with Crippen LogP contribution in [0.4, 0.5) is 0 Å². The minimum Gasteiger partial charge on any atom is -0.376 e. The maximum Gasteiger partial charge on any atom is 0.0705 e. The van der Waals surface area contributed by atoms with Crippen LogP contribution in [0, 0.1) is 11.3 Å². The minimum absolute atomic E-state index is 0.264. The minimum atomic E-state index is 0.264. The number of hydrogen-bond donors (Lipinski definition) is 0. The summed E-state index contributed by atoms with van der Waals surface area (Å²) in [5.74, 6) is 0.697. The Bertz CT molecular complexity index is 372. The van der Waals surface area contributed by atoms with Crippen LogP contribution in [0.25, 0.3) is 0 Å². The van der Waals surface area contributed by atoms with Gasteiger partial charge in [-0.15, -0.1) is 11.8 Å². The molecule has 0 saturated carbocycles. The monoisotopic (exact) mass is 264 g/mol. The van der Waals surface area contributed by atoms with E-state index in [0.29, 0.717) is 17.3 Å². The van der Waals surface area contributed by atoms with Gasteiger partial charge in [-0.25, -0.2) is 0 Å². The average Bonchev–Trinajstić information content (AvgIpc) is 2.57. The van der Waals surface area contributed by atoms with Gasteiger partial charge in [0, 0.05) is 15.6 Å². The zero-order chi connectivity index (χ0) is 13.2. The topological polar surface area (TPSA) is 9.23 Å². The predicted molar refractivity (Wildman–Crippen MR) is 79.1 cm³/mol. The molecule has 1 nitrogen and oxygen atoms in total. The molecule has 18 heavy (non-hydrogen) atoms. The molecule has 0 bridgehead atoms. The number of benzene rings is 1. The lowest BCUT2D eigenvalue weighted by molar-refractivity contribution is 0.0862. The van der Waals surface area contributed by atoms with Crippen LogP contribution >= 0.6 is 11.8 Å². The highest BCUT2D eigenvalue weighted by atomic mass is 32.2. The molecule has 1 aromatic carbocycles. The van der Waals surface area contributed by atoms with Crippen molar-refractivity contribution in [3.05, 3.63) is 30.3 Å². The van der Waals surface area contributed by atoms with Gasteiger partial charge < -0.3 is 4.74 Å². The SMILES string of the molecule is CC(C)C[C@H]1OCC(C)(C)[C@@H]1Sc1ccccc1. The quantitative estimate of drug-likeness (QED) is 0.785. The molecule has 1 aliphatic rings. The van der Waals surface area contributed by atoms with Crippen molar-refractivity contribution in [2.75, 3.05) is 6.61 Å². The van der Waals surface area contributed by atoms with Crippen molar-refractivity contribution in [2.24, 2.45) is 11.3 Å². The molecule has 0 N–H and O–H groups in total. The van der Waals surface area contributed by atoms with Gasteiger partial charge in [-0.1, -0.05) is 45.9 Å². The van der Waals surface area contributed by atoms with Crippen molar-refractivity contribution in [3.63, 3.8) is 0 Å². The smallest absolute Gasteiger partial charge is 0.0705 e. The van der Waals surface area contributed by atoms with E-state index in [4.69, 9.17) is 4.74 Å². The molecular weight excluding hydrogens is 240 g/mol.